The fourth-order valence-electron chi connectivity index (χ4n) is 2.19. The highest BCUT2D eigenvalue weighted by Crippen LogP contribution is 2.22. The van der Waals surface area contributed by atoms with Crippen molar-refractivity contribution in [1.29, 1.82) is 0 Å². The van der Waals surface area contributed by atoms with Crippen molar-refractivity contribution in [3.8, 4) is 0 Å². The van der Waals surface area contributed by atoms with E-state index in [1.807, 2.05) is 0 Å². The molecule has 0 radical (unpaired) electrons. The molecule has 7 nitrogen and oxygen atoms in total. The zero-order chi connectivity index (χ0) is 14.9. The van der Waals surface area contributed by atoms with Crippen LogP contribution in [0.15, 0.2) is 4.79 Å². The van der Waals surface area contributed by atoms with Crippen molar-refractivity contribution >= 4 is 14.0 Å². The zero-order valence-electron chi connectivity index (χ0n) is 12.1. The Morgan fingerprint density at radius 3 is 2.80 bits per heavy atom. The number of aromatic nitrogens is 3. The Morgan fingerprint density at radius 1 is 1.50 bits per heavy atom. The number of carboxylic acid groups (broad SMARTS) is 1. The lowest BCUT2D eigenvalue weighted by Gasteiger charge is -2.15. The summed E-state index contributed by atoms with van der Waals surface area (Å²) in [7, 11) is -1.15. The Labute approximate surface area is 118 Å². The molecule has 0 bridgehead atoms. The summed E-state index contributed by atoms with van der Waals surface area (Å²) in [6, 6.07) is 0.237. The number of hydrogen-bond donors (Lipinski definition) is 1. The molecule has 112 valence electrons. The van der Waals surface area contributed by atoms with Gasteiger partial charge < -0.3 is 9.84 Å². The van der Waals surface area contributed by atoms with E-state index >= 15 is 0 Å². The molecule has 0 spiro atoms. The molecule has 2 rings (SSSR count). The van der Waals surface area contributed by atoms with Crippen LogP contribution in [0.2, 0.25) is 25.7 Å². The van der Waals surface area contributed by atoms with Gasteiger partial charge in [0.25, 0.3) is 0 Å². The van der Waals surface area contributed by atoms with Gasteiger partial charge in [0.15, 0.2) is 0 Å². The molecule has 0 amide bonds. The lowest BCUT2D eigenvalue weighted by Crippen LogP contribution is -2.31. The standard InChI is InChI=1S/C12H21N3O4Si/c1-20(2,3)7-6-19-8-14-12(18)15-9(11(16)17)4-5-10(15)13-14/h9H,4-8H2,1-3H3,(H,16,17). The molecule has 1 atom stereocenters. The van der Waals surface area contributed by atoms with Crippen molar-refractivity contribution < 1.29 is 14.6 Å². The molecule has 1 aromatic heterocycles. The summed E-state index contributed by atoms with van der Waals surface area (Å²) < 4.78 is 7.97. The topological polar surface area (TPSA) is 86.4 Å². The number of ether oxygens (including phenoxy) is 1. The quantitative estimate of drug-likeness (QED) is 0.624. The SMILES string of the molecule is C[Si](C)(C)CCOCn1nc2n(c1=O)C(C(=O)O)CC2. The highest BCUT2D eigenvalue weighted by Gasteiger charge is 2.32. The van der Waals surface area contributed by atoms with Gasteiger partial charge in [-0.3, -0.25) is 4.57 Å². The molecule has 0 saturated carbocycles. The Bertz CT molecular complexity index is 558. The van der Waals surface area contributed by atoms with E-state index in [2.05, 4.69) is 24.7 Å². The number of rotatable bonds is 6. The van der Waals surface area contributed by atoms with E-state index in [1.165, 1.54) is 9.25 Å². The maximum absolute atomic E-state index is 12.1. The van der Waals surface area contributed by atoms with E-state index < -0.39 is 25.8 Å². The molecular formula is C12H21N3O4Si. The third kappa shape index (κ3) is 3.18. The lowest BCUT2D eigenvalue weighted by molar-refractivity contribution is -0.140. The zero-order valence-corrected chi connectivity index (χ0v) is 13.1. The lowest BCUT2D eigenvalue weighted by atomic mass is 10.2. The average molecular weight is 299 g/mol. The number of carbonyl (C=O) groups is 1. The molecule has 0 saturated heterocycles. The summed E-state index contributed by atoms with van der Waals surface area (Å²) in [5.41, 5.74) is -0.391. The number of fused-ring (bicyclic) bond motifs is 1. The van der Waals surface area contributed by atoms with Crippen molar-refractivity contribution in [1.82, 2.24) is 14.3 Å². The molecule has 1 unspecified atom stereocenters. The molecule has 0 fully saturated rings. The molecule has 1 aliphatic rings. The second-order valence-electron chi connectivity index (χ2n) is 6.31. The monoisotopic (exact) mass is 299 g/mol. The first-order valence-electron chi connectivity index (χ1n) is 6.78. The van der Waals surface area contributed by atoms with Crippen LogP contribution in [-0.2, 0) is 22.7 Å². The van der Waals surface area contributed by atoms with Gasteiger partial charge in [-0.25, -0.2) is 9.59 Å². The van der Waals surface area contributed by atoms with E-state index in [0.717, 1.165) is 6.04 Å². The first-order chi connectivity index (χ1) is 9.29. The van der Waals surface area contributed by atoms with Gasteiger partial charge in [0, 0.05) is 21.1 Å². The van der Waals surface area contributed by atoms with E-state index in [1.54, 1.807) is 0 Å². The highest BCUT2D eigenvalue weighted by molar-refractivity contribution is 6.76. The van der Waals surface area contributed by atoms with Gasteiger partial charge in [-0.2, -0.15) is 9.78 Å². The molecule has 20 heavy (non-hydrogen) atoms. The first kappa shape index (κ1) is 15.0. The summed E-state index contributed by atoms with van der Waals surface area (Å²) >= 11 is 0. The molecule has 0 aliphatic carbocycles. The maximum atomic E-state index is 12.1. The average Bonchev–Trinajstić information content (AvgIpc) is 2.85. The first-order valence-corrected chi connectivity index (χ1v) is 10.5. The van der Waals surface area contributed by atoms with Crippen LogP contribution in [-0.4, -0.2) is 40.1 Å². The number of nitrogens with zero attached hydrogens (tertiary/aromatic N) is 3. The van der Waals surface area contributed by atoms with Gasteiger partial charge in [-0.1, -0.05) is 19.6 Å². The number of hydrogen-bond acceptors (Lipinski definition) is 4. The third-order valence-corrected chi connectivity index (χ3v) is 5.09. The van der Waals surface area contributed by atoms with Crippen LogP contribution >= 0.6 is 0 Å². The van der Waals surface area contributed by atoms with E-state index in [0.29, 0.717) is 25.3 Å². The highest BCUT2D eigenvalue weighted by atomic mass is 28.3. The van der Waals surface area contributed by atoms with E-state index in [-0.39, 0.29) is 6.73 Å². The van der Waals surface area contributed by atoms with Gasteiger partial charge in [-0.05, 0) is 12.5 Å². The number of aryl methyl sites for hydroxylation is 1. The molecule has 0 aromatic carbocycles. The molecule has 2 heterocycles. The minimum absolute atomic E-state index is 0.0929. The Balaban J connectivity index is 2.00. The summed E-state index contributed by atoms with van der Waals surface area (Å²) in [4.78, 5) is 23.2. The van der Waals surface area contributed by atoms with Gasteiger partial charge in [0.1, 0.15) is 18.6 Å². The number of carboxylic acids is 1. The van der Waals surface area contributed by atoms with Gasteiger partial charge >= 0.3 is 11.7 Å². The Morgan fingerprint density at radius 2 is 2.20 bits per heavy atom. The van der Waals surface area contributed by atoms with Gasteiger partial charge in [0.05, 0.1) is 0 Å². The van der Waals surface area contributed by atoms with Crippen molar-refractivity contribution in [2.45, 2.75) is 51.3 Å². The minimum Gasteiger partial charge on any atom is -0.480 e. The molecule has 8 heteroatoms. The van der Waals surface area contributed by atoms with Gasteiger partial charge in [0.2, 0.25) is 0 Å². The van der Waals surface area contributed by atoms with Gasteiger partial charge in [-0.15, -0.1) is 0 Å². The Kier molecular flexibility index (Phi) is 4.14. The van der Waals surface area contributed by atoms with Crippen LogP contribution in [0.5, 0.6) is 0 Å². The van der Waals surface area contributed by atoms with Crippen LogP contribution in [0, 0.1) is 0 Å². The molecule has 1 N–H and O–H groups in total. The summed E-state index contributed by atoms with van der Waals surface area (Å²) in [5, 5.41) is 13.2. The smallest absolute Gasteiger partial charge is 0.348 e. The third-order valence-electron chi connectivity index (χ3n) is 3.39. The van der Waals surface area contributed by atoms with Crippen molar-refractivity contribution in [2.75, 3.05) is 6.61 Å². The molecule has 1 aliphatic heterocycles. The van der Waals surface area contributed by atoms with Crippen LogP contribution < -0.4 is 5.69 Å². The van der Waals surface area contributed by atoms with Crippen molar-refractivity contribution in [2.24, 2.45) is 0 Å². The van der Waals surface area contributed by atoms with Crippen molar-refractivity contribution in [3.05, 3.63) is 16.3 Å². The molecular weight excluding hydrogens is 278 g/mol. The largest absolute Gasteiger partial charge is 0.480 e. The van der Waals surface area contributed by atoms with Crippen LogP contribution in [0.25, 0.3) is 0 Å². The molecule has 1 aromatic rings. The summed E-state index contributed by atoms with van der Waals surface area (Å²) in [5.74, 6) is -0.443. The number of aliphatic carboxylic acids is 1. The normalized spacial score (nSPS) is 18.2. The summed E-state index contributed by atoms with van der Waals surface area (Å²) in [6.07, 6.45) is 0.957. The second kappa shape index (κ2) is 5.53. The van der Waals surface area contributed by atoms with E-state index in [4.69, 9.17) is 9.84 Å². The predicted molar refractivity (Wildman–Crippen MR) is 75.6 cm³/mol. The van der Waals surface area contributed by atoms with Crippen LogP contribution in [0.1, 0.15) is 18.3 Å². The van der Waals surface area contributed by atoms with Crippen LogP contribution in [0.4, 0.5) is 0 Å². The Hall–Kier alpha value is -1.41. The van der Waals surface area contributed by atoms with Crippen LogP contribution in [0.3, 0.4) is 0 Å². The fraction of sp³-hybridized carbons (Fsp3) is 0.750. The van der Waals surface area contributed by atoms with Crippen molar-refractivity contribution in [3.63, 3.8) is 0 Å². The summed E-state index contributed by atoms with van der Waals surface area (Å²) in [6.45, 7) is 7.46. The fourth-order valence-corrected chi connectivity index (χ4v) is 2.95. The minimum atomic E-state index is -1.15. The maximum Gasteiger partial charge on any atom is 0.348 e. The predicted octanol–water partition coefficient (Wildman–Crippen LogP) is 0.929. The second-order valence-corrected chi connectivity index (χ2v) is 11.9. The van der Waals surface area contributed by atoms with E-state index in [9.17, 15) is 9.59 Å².